The van der Waals surface area contributed by atoms with E-state index < -0.39 is 40.0 Å². The second-order valence-electron chi connectivity index (χ2n) is 7.19. The van der Waals surface area contributed by atoms with Crippen molar-refractivity contribution < 1.29 is 31.5 Å². The normalized spacial score (nSPS) is 11.4. The topological polar surface area (TPSA) is 108 Å². The molecule has 7 nitrogen and oxygen atoms in total. The Hall–Kier alpha value is -3.37. The SMILES string of the molecule is Cc1cc(C(=O)OCC(=O)c2ccc(F)c(F)c2)c(C)n1Cc1ccc(S(N)(=O)=O)cc1. The van der Waals surface area contributed by atoms with Gasteiger partial charge in [0, 0.05) is 23.5 Å². The molecule has 0 aliphatic carbocycles. The third-order valence-electron chi connectivity index (χ3n) is 4.96. The van der Waals surface area contributed by atoms with Crippen LogP contribution in [0.3, 0.4) is 0 Å². The summed E-state index contributed by atoms with van der Waals surface area (Å²) in [5.74, 6) is -3.64. The number of carbonyl (C=O) groups is 2. The first-order valence-corrected chi connectivity index (χ1v) is 11.0. The van der Waals surface area contributed by atoms with Crippen LogP contribution in [-0.2, 0) is 21.3 Å². The largest absolute Gasteiger partial charge is 0.454 e. The minimum absolute atomic E-state index is 0.00262. The zero-order valence-electron chi connectivity index (χ0n) is 17.3. The number of nitrogens with two attached hydrogens (primary N) is 1. The van der Waals surface area contributed by atoms with Crippen molar-refractivity contribution >= 4 is 21.8 Å². The molecule has 0 saturated carbocycles. The maximum Gasteiger partial charge on any atom is 0.340 e. The second kappa shape index (κ2) is 9.01. The van der Waals surface area contributed by atoms with E-state index in [1.807, 2.05) is 4.57 Å². The number of sulfonamides is 1. The Morgan fingerprint density at radius 3 is 2.25 bits per heavy atom. The van der Waals surface area contributed by atoms with E-state index in [-0.39, 0.29) is 16.0 Å². The minimum atomic E-state index is -3.79. The molecular weight excluding hydrogens is 442 g/mol. The van der Waals surface area contributed by atoms with Gasteiger partial charge >= 0.3 is 5.97 Å². The van der Waals surface area contributed by atoms with Gasteiger partial charge in [-0.3, -0.25) is 4.79 Å². The fourth-order valence-electron chi connectivity index (χ4n) is 3.18. The van der Waals surface area contributed by atoms with Gasteiger partial charge in [0.05, 0.1) is 10.5 Å². The third kappa shape index (κ3) is 5.09. The molecule has 0 radical (unpaired) electrons. The average Bonchev–Trinajstić information content (AvgIpc) is 3.02. The van der Waals surface area contributed by atoms with Gasteiger partial charge in [0.25, 0.3) is 0 Å². The Morgan fingerprint density at radius 2 is 1.66 bits per heavy atom. The fraction of sp³-hybridized carbons (Fsp3) is 0.182. The summed E-state index contributed by atoms with van der Waals surface area (Å²) in [6, 6.07) is 10.3. The number of nitrogens with zero attached hydrogens (tertiary/aromatic N) is 1. The highest BCUT2D eigenvalue weighted by atomic mass is 32.2. The Morgan fingerprint density at radius 1 is 1.00 bits per heavy atom. The minimum Gasteiger partial charge on any atom is -0.454 e. The molecule has 1 heterocycles. The van der Waals surface area contributed by atoms with Crippen LogP contribution in [0.1, 0.15) is 37.7 Å². The number of benzene rings is 2. The number of esters is 1. The maximum atomic E-state index is 13.3. The molecule has 0 unspecified atom stereocenters. The zero-order chi connectivity index (χ0) is 23.6. The molecule has 0 aliphatic heterocycles. The molecule has 0 saturated heterocycles. The first kappa shape index (κ1) is 23.3. The summed E-state index contributed by atoms with van der Waals surface area (Å²) in [4.78, 5) is 24.6. The number of aromatic nitrogens is 1. The van der Waals surface area contributed by atoms with Gasteiger partial charge in [0.15, 0.2) is 24.0 Å². The molecule has 0 amide bonds. The predicted molar refractivity (Wildman–Crippen MR) is 112 cm³/mol. The van der Waals surface area contributed by atoms with E-state index in [9.17, 15) is 26.8 Å². The predicted octanol–water partition coefficient (Wildman–Crippen LogP) is 3.12. The van der Waals surface area contributed by atoms with Crippen molar-refractivity contribution in [3.63, 3.8) is 0 Å². The van der Waals surface area contributed by atoms with Crippen molar-refractivity contribution in [2.75, 3.05) is 6.61 Å². The highest BCUT2D eigenvalue weighted by Gasteiger charge is 2.19. The summed E-state index contributed by atoms with van der Waals surface area (Å²) in [7, 11) is -3.79. The summed E-state index contributed by atoms with van der Waals surface area (Å²) in [6.07, 6.45) is 0. The van der Waals surface area contributed by atoms with E-state index >= 15 is 0 Å². The van der Waals surface area contributed by atoms with Crippen LogP contribution in [-0.4, -0.2) is 31.3 Å². The van der Waals surface area contributed by atoms with Gasteiger partial charge in [-0.2, -0.15) is 0 Å². The van der Waals surface area contributed by atoms with Crippen LogP contribution in [0.15, 0.2) is 53.4 Å². The van der Waals surface area contributed by atoms with Crippen molar-refractivity contribution in [3.8, 4) is 0 Å². The van der Waals surface area contributed by atoms with E-state index in [0.29, 0.717) is 12.2 Å². The Labute approximate surface area is 183 Å². The standard InChI is InChI=1S/C22H20F2N2O5S/c1-13-9-18(22(28)31-12-21(27)16-5-8-19(23)20(24)10-16)14(2)26(13)11-15-3-6-17(7-4-15)32(25,29)30/h3-10H,11-12H2,1-2H3,(H2,25,29,30). The van der Waals surface area contributed by atoms with E-state index in [0.717, 1.165) is 29.5 Å². The first-order chi connectivity index (χ1) is 15.0. The number of hydrogen-bond acceptors (Lipinski definition) is 5. The van der Waals surface area contributed by atoms with E-state index in [1.54, 1.807) is 32.0 Å². The van der Waals surface area contributed by atoms with E-state index in [2.05, 4.69) is 0 Å². The van der Waals surface area contributed by atoms with Crippen molar-refractivity contribution in [3.05, 3.63) is 88.2 Å². The third-order valence-corrected chi connectivity index (χ3v) is 5.89. The molecular formula is C22H20F2N2O5S. The molecule has 0 atom stereocenters. The van der Waals surface area contributed by atoms with Gasteiger partial charge < -0.3 is 9.30 Å². The Balaban J connectivity index is 1.71. The van der Waals surface area contributed by atoms with E-state index in [4.69, 9.17) is 9.88 Å². The molecule has 32 heavy (non-hydrogen) atoms. The molecule has 168 valence electrons. The van der Waals surface area contributed by atoms with Crippen LogP contribution in [0.4, 0.5) is 8.78 Å². The van der Waals surface area contributed by atoms with Crippen LogP contribution >= 0.6 is 0 Å². The molecule has 0 bridgehead atoms. The van der Waals surface area contributed by atoms with Gasteiger partial charge in [0.1, 0.15) is 0 Å². The van der Waals surface area contributed by atoms with E-state index in [1.165, 1.54) is 12.1 Å². The molecule has 3 rings (SSSR count). The van der Waals surface area contributed by atoms with Crippen LogP contribution in [0, 0.1) is 25.5 Å². The molecule has 2 aromatic carbocycles. The van der Waals surface area contributed by atoms with Crippen LogP contribution in [0.25, 0.3) is 0 Å². The van der Waals surface area contributed by atoms with Gasteiger partial charge in [-0.05, 0) is 55.8 Å². The summed E-state index contributed by atoms with van der Waals surface area (Å²) >= 11 is 0. The summed E-state index contributed by atoms with van der Waals surface area (Å²) in [6.45, 7) is 3.24. The van der Waals surface area contributed by atoms with Crippen LogP contribution in [0.5, 0.6) is 0 Å². The summed E-state index contributed by atoms with van der Waals surface area (Å²) in [5, 5.41) is 5.10. The summed E-state index contributed by atoms with van der Waals surface area (Å²) in [5.41, 5.74) is 2.26. The molecule has 2 N–H and O–H groups in total. The number of hydrogen-bond donors (Lipinski definition) is 1. The second-order valence-corrected chi connectivity index (χ2v) is 8.75. The molecule has 0 spiro atoms. The van der Waals surface area contributed by atoms with Crippen molar-refractivity contribution in [1.82, 2.24) is 4.57 Å². The number of carbonyl (C=O) groups excluding carboxylic acids is 2. The van der Waals surface area contributed by atoms with Crippen LogP contribution < -0.4 is 5.14 Å². The number of Topliss-reactive ketones (excluding diaryl/α,β-unsaturated/α-hetero) is 1. The molecule has 0 aliphatic rings. The molecule has 10 heteroatoms. The average molecular weight is 462 g/mol. The number of rotatable bonds is 7. The number of aryl methyl sites for hydroxylation is 1. The number of ether oxygens (including phenoxy) is 1. The lowest BCUT2D eigenvalue weighted by Crippen LogP contribution is -2.15. The van der Waals surface area contributed by atoms with Gasteiger partial charge in [-0.25, -0.2) is 27.1 Å². The fourth-order valence-corrected chi connectivity index (χ4v) is 3.70. The highest BCUT2D eigenvalue weighted by Crippen LogP contribution is 2.19. The van der Waals surface area contributed by atoms with Crippen LogP contribution in [0.2, 0.25) is 0 Å². The smallest absolute Gasteiger partial charge is 0.340 e. The monoisotopic (exact) mass is 462 g/mol. The Kier molecular flexibility index (Phi) is 6.56. The van der Waals surface area contributed by atoms with Crippen molar-refractivity contribution in [1.29, 1.82) is 0 Å². The molecule has 0 fully saturated rings. The Bertz CT molecular complexity index is 1300. The van der Waals surface area contributed by atoms with Gasteiger partial charge in [0.2, 0.25) is 10.0 Å². The first-order valence-electron chi connectivity index (χ1n) is 9.41. The quantitative estimate of drug-likeness (QED) is 0.429. The van der Waals surface area contributed by atoms with Gasteiger partial charge in [-0.1, -0.05) is 12.1 Å². The van der Waals surface area contributed by atoms with Crippen molar-refractivity contribution in [2.45, 2.75) is 25.3 Å². The number of halogens is 2. The highest BCUT2D eigenvalue weighted by molar-refractivity contribution is 7.89. The van der Waals surface area contributed by atoms with Gasteiger partial charge in [-0.15, -0.1) is 0 Å². The number of primary sulfonamides is 1. The lowest BCUT2D eigenvalue weighted by molar-refractivity contribution is 0.0474. The molecule has 1 aromatic heterocycles. The zero-order valence-corrected chi connectivity index (χ0v) is 18.1. The van der Waals surface area contributed by atoms with Crippen molar-refractivity contribution in [2.24, 2.45) is 5.14 Å². The lowest BCUT2D eigenvalue weighted by Gasteiger charge is -2.11. The summed E-state index contributed by atoms with van der Waals surface area (Å²) < 4.78 is 56.0. The number of ketones is 1. The lowest BCUT2D eigenvalue weighted by atomic mass is 10.1. The maximum absolute atomic E-state index is 13.3. The molecule has 3 aromatic rings.